The molecule has 6 heteroatoms. The van der Waals surface area contributed by atoms with Crippen molar-refractivity contribution in [3.8, 4) is 0 Å². The lowest BCUT2D eigenvalue weighted by Crippen LogP contribution is -2.26. The van der Waals surface area contributed by atoms with Gasteiger partial charge in [-0.3, -0.25) is 9.89 Å². The molecule has 0 aliphatic carbocycles. The van der Waals surface area contributed by atoms with Gasteiger partial charge in [0.1, 0.15) is 12.2 Å². The first-order chi connectivity index (χ1) is 8.70. The number of aromatic amines is 1. The first-order valence-electron chi connectivity index (χ1n) is 5.44. The van der Waals surface area contributed by atoms with Crippen molar-refractivity contribution in [2.45, 2.75) is 11.4 Å². The molecule has 0 saturated carbocycles. The Labute approximate surface area is 110 Å². The normalized spacial score (nSPS) is 10.3. The van der Waals surface area contributed by atoms with Crippen molar-refractivity contribution in [1.29, 1.82) is 0 Å². The van der Waals surface area contributed by atoms with Crippen LogP contribution in [0.25, 0.3) is 0 Å². The first-order valence-corrected chi connectivity index (χ1v) is 6.67. The number of thioether (sulfide) groups is 1. The van der Waals surface area contributed by atoms with E-state index in [1.807, 2.05) is 30.5 Å². The van der Waals surface area contributed by atoms with Crippen LogP contribution < -0.4 is 0 Å². The Balaban J connectivity index is 2.05. The van der Waals surface area contributed by atoms with Crippen molar-refractivity contribution in [3.05, 3.63) is 42.0 Å². The van der Waals surface area contributed by atoms with Crippen LogP contribution in [0.1, 0.15) is 16.2 Å². The SMILES string of the molecule is CSc1ccc(C(=O)N(C)Cc2ncn[nH]2)cc1. The molecule has 0 atom stereocenters. The maximum atomic E-state index is 12.1. The quantitative estimate of drug-likeness (QED) is 0.853. The molecule has 18 heavy (non-hydrogen) atoms. The van der Waals surface area contributed by atoms with E-state index in [9.17, 15) is 4.79 Å². The second-order valence-corrected chi connectivity index (χ2v) is 4.70. The van der Waals surface area contributed by atoms with Gasteiger partial charge in [0.25, 0.3) is 5.91 Å². The zero-order valence-corrected chi connectivity index (χ0v) is 11.1. The van der Waals surface area contributed by atoms with E-state index in [0.29, 0.717) is 17.9 Å². The summed E-state index contributed by atoms with van der Waals surface area (Å²) in [5.41, 5.74) is 0.676. The molecule has 0 unspecified atom stereocenters. The van der Waals surface area contributed by atoms with Crippen LogP contribution in [0, 0.1) is 0 Å². The highest BCUT2D eigenvalue weighted by atomic mass is 32.2. The van der Waals surface area contributed by atoms with Gasteiger partial charge in [-0.1, -0.05) is 0 Å². The number of carbonyl (C=O) groups is 1. The lowest BCUT2D eigenvalue weighted by atomic mass is 10.2. The maximum absolute atomic E-state index is 12.1. The molecule has 1 aromatic heterocycles. The van der Waals surface area contributed by atoms with Crippen LogP contribution in [0.3, 0.4) is 0 Å². The lowest BCUT2D eigenvalue weighted by Gasteiger charge is -2.15. The zero-order chi connectivity index (χ0) is 13.0. The van der Waals surface area contributed by atoms with E-state index >= 15 is 0 Å². The van der Waals surface area contributed by atoms with Crippen LogP contribution in [0.5, 0.6) is 0 Å². The Morgan fingerprint density at radius 2 is 2.11 bits per heavy atom. The lowest BCUT2D eigenvalue weighted by molar-refractivity contribution is 0.0781. The molecule has 0 aliphatic rings. The van der Waals surface area contributed by atoms with Crippen molar-refractivity contribution < 1.29 is 4.79 Å². The average molecular weight is 262 g/mol. The molecule has 2 rings (SSSR count). The van der Waals surface area contributed by atoms with E-state index in [2.05, 4.69) is 15.2 Å². The van der Waals surface area contributed by atoms with Gasteiger partial charge in [-0.05, 0) is 30.5 Å². The number of H-pyrrole nitrogens is 1. The van der Waals surface area contributed by atoms with Gasteiger partial charge in [0, 0.05) is 17.5 Å². The maximum Gasteiger partial charge on any atom is 0.254 e. The minimum absolute atomic E-state index is 0.0287. The summed E-state index contributed by atoms with van der Waals surface area (Å²) in [5.74, 6) is 0.644. The summed E-state index contributed by atoms with van der Waals surface area (Å²) in [4.78, 5) is 18.9. The van der Waals surface area contributed by atoms with Crippen molar-refractivity contribution in [1.82, 2.24) is 20.1 Å². The summed E-state index contributed by atoms with van der Waals surface area (Å²) >= 11 is 1.65. The van der Waals surface area contributed by atoms with Crippen LogP contribution in [-0.4, -0.2) is 39.3 Å². The van der Waals surface area contributed by atoms with E-state index in [4.69, 9.17) is 0 Å². The average Bonchev–Trinajstić information content (AvgIpc) is 2.91. The fraction of sp³-hybridized carbons (Fsp3) is 0.250. The zero-order valence-electron chi connectivity index (χ0n) is 10.3. The third kappa shape index (κ3) is 2.89. The molecule has 94 valence electrons. The van der Waals surface area contributed by atoms with Gasteiger partial charge in [0.15, 0.2) is 0 Å². The van der Waals surface area contributed by atoms with E-state index in [1.54, 1.807) is 23.7 Å². The summed E-state index contributed by atoms with van der Waals surface area (Å²) < 4.78 is 0. The number of carbonyl (C=O) groups excluding carboxylic acids is 1. The second-order valence-electron chi connectivity index (χ2n) is 3.82. The topological polar surface area (TPSA) is 61.9 Å². The van der Waals surface area contributed by atoms with Crippen LogP contribution in [0.2, 0.25) is 0 Å². The number of hydrogen-bond donors (Lipinski definition) is 1. The van der Waals surface area contributed by atoms with Gasteiger partial charge in [-0.15, -0.1) is 11.8 Å². The largest absolute Gasteiger partial charge is 0.334 e. The predicted molar refractivity (Wildman–Crippen MR) is 70.4 cm³/mol. The van der Waals surface area contributed by atoms with E-state index in [1.165, 1.54) is 6.33 Å². The van der Waals surface area contributed by atoms with Gasteiger partial charge in [-0.25, -0.2) is 4.98 Å². The fourth-order valence-electron chi connectivity index (χ4n) is 1.56. The highest BCUT2D eigenvalue weighted by Gasteiger charge is 2.12. The molecule has 1 N–H and O–H groups in total. The summed E-state index contributed by atoms with van der Waals surface area (Å²) in [6, 6.07) is 7.57. The van der Waals surface area contributed by atoms with Gasteiger partial charge in [-0.2, -0.15) is 5.10 Å². The van der Waals surface area contributed by atoms with E-state index in [0.717, 1.165) is 4.90 Å². The minimum Gasteiger partial charge on any atom is -0.334 e. The molecule has 0 bridgehead atoms. The number of nitrogens with zero attached hydrogens (tertiary/aromatic N) is 3. The number of aromatic nitrogens is 3. The Kier molecular flexibility index (Phi) is 3.99. The van der Waals surface area contributed by atoms with Crippen LogP contribution in [0.15, 0.2) is 35.5 Å². The van der Waals surface area contributed by atoms with Gasteiger partial charge >= 0.3 is 0 Å². The van der Waals surface area contributed by atoms with Gasteiger partial charge in [0.2, 0.25) is 0 Å². The Bertz CT molecular complexity index is 509. The molecular weight excluding hydrogens is 248 g/mol. The van der Waals surface area contributed by atoms with Crippen molar-refractivity contribution in [2.24, 2.45) is 0 Å². The Hall–Kier alpha value is -1.82. The van der Waals surface area contributed by atoms with Crippen molar-refractivity contribution >= 4 is 17.7 Å². The molecule has 1 amide bonds. The molecule has 0 fully saturated rings. The smallest absolute Gasteiger partial charge is 0.254 e. The molecule has 0 spiro atoms. The molecule has 5 nitrogen and oxygen atoms in total. The monoisotopic (exact) mass is 262 g/mol. The number of benzene rings is 1. The molecule has 1 aromatic carbocycles. The number of amides is 1. The summed E-state index contributed by atoms with van der Waals surface area (Å²) in [6.07, 6.45) is 3.44. The van der Waals surface area contributed by atoms with Crippen molar-refractivity contribution in [3.63, 3.8) is 0 Å². The van der Waals surface area contributed by atoms with E-state index in [-0.39, 0.29) is 5.91 Å². The van der Waals surface area contributed by atoms with Crippen LogP contribution >= 0.6 is 11.8 Å². The van der Waals surface area contributed by atoms with Gasteiger partial charge in [0.05, 0.1) is 6.54 Å². The fourth-order valence-corrected chi connectivity index (χ4v) is 1.97. The minimum atomic E-state index is -0.0287. The first kappa shape index (κ1) is 12.6. The Morgan fingerprint density at radius 1 is 1.39 bits per heavy atom. The summed E-state index contributed by atoms with van der Waals surface area (Å²) in [5, 5.41) is 6.49. The Morgan fingerprint density at radius 3 is 2.67 bits per heavy atom. The standard InChI is InChI=1S/C12H14N4OS/c1-16(7-11-13-8-14-15-11)12(17)9-3-5-10(18-2)6-4-9/h3-6,8H,7H2,1-2H3,(H,13,14,15). The van der Waals surface area contributed by atoms with Crippen LogP contribution in [0.4, 0.5) is 0 Å². The van der Waals surface area contributed by atoms with Crippen molar-refractivity contribution in [2.75, 3.05) is 13.3 Å². The van der Waals surface area contributed by atoms with Crippen LogP contribution in [-0.2, 0) is 6.54 Å². The molecule has 2 aromatic rings. The highest BCUT2D eigenvalue weighted by molar-refractivity contribution is 7.98. The number of nitrogens with one attached hydrogen (secondary N) is 1. The molecule has 0 aliphatic heterocycles. The highest BCUT2D eigenvalue weighted by Crippen LogP contribution is 2.15. The third-order valence-corrected chi connectivity index (χ3v) is 3.28. The third-order valence-electron chi connectivity index (χ3n) is 2.54. The number of rotatable bonds is 4. The predicted octanol–water partition coefficient (Wildman–Crippen LogP) is 1.80. The van der Waals surface area contributed by atoms with Gasteiger partial charge < -0.3 is 4.90 Å². The second kappa shape index (κ2) is 5.68. The molecule has 1 heterocycles. The summed E-state index contributed by atoms with van der Waals surface area (Å²) in [7, 11) is 1.74. The number of hydrogen-bond acceptors (Lipinski definition) is 4. The van der Waals surface area contributed by atoms with E-state index < -0.39 is 0 Å². The summed E-state index contributed by atoms with van der Waals surface area (Å²) in [6.45, 7) is 0.420. The molecule has 0 radical (unpaired) electrons. The molecule has 0 saturated heterocycles. The molecular formula is C12H14N4OS.